The molecule has 0 amide bonds. The minimum absolute atomic E-state index is 0.199. The van der Waals surface area contributed by atoms with Gasteiger partial charge in [0, 0.05) is 12.8 Å². The zero-order valence-electron chi connectivity index (χ0n) is 34.2. The summed E-state index contributed by atoms with van der Waals surface area (Å²) in [5.74, 6) is -0.848. The molecule has 0 spiro atoms. The molecular formula is C45H76O10. The van der Waals surface area contributed by atoms with E-state index >= 15 is 0 Å². The third-order valence-electron chi connectivity index (χ3n) is 9.48. The standard InChI is InChI=1S/C45H76O10/c1-3-5-7-9-11-13-15-17-19-21-23-25-27-29-31-33-40(47)52-36-38(37-53-45-44(51)43(50)42(49)39(35-46)55-45)54-41(48)34-32-30-28-26-24-22-20-18-16-14-12-10-8-6-4-2/h6,8,10,12,14,16-20,38-39,42-46,49-51H,3-5,7,9,11,13,15,21-37H2,1-2H3/b8-6+,12-10+,16-14+,19-17+,20-18+/t38-,39-,42+,43?,44?,45-/m0/s1. The topological polar surface area (TPSA) is 152 Å². The highest BCUT2D eigenvalue weighted by atomic mass is 16.7. The third-order valence-corrected chi connectivity index (χ3v) is 9.48. The van der Waals surface area contributed by atoms with Gasteiger partial charge in [0.25, 0.3) is 0 Å². The average molecular weight is 777 g/mol. The van der Waals surface area contributed by atoms with Crippen molar-refractivity contribution in [2.75, 3.05) is 19.8 Å². The molecule has 6 atom stereocenters. The van der Waals surface area contributed by atoms with Crippen molar-refractivity contribution in [2.45, 2.75) is 192 Å². The summed E-state index contributed by atoms with van der Waals surface area (Å²) in [6.07, 6.45) is 35.1. The van der Waals surface area contributed by atoms with Gasteiger partial charge in [0.2, 0.25) is 0 Å². The van der Waals surface area contributed by atoms with Crippen LogP contribution in [0, 0.1) is 0 Å². The van der Waals surface area contributed by atoms with Gasteiger partial charge in [-0.25, -0.2) is 0 Å². The summed E-state index contributed by atoms with van der Waals surface area (Å²) >= 11 is 0. The highest BCUT2D eigenvalue weighted by Crippen LogP contribution is 2.22. The first-order chi connectivity index (χ1) is 26.8. The van der Waals surface area contributed by atoms with E-state index < -0.39 is 55.4 Å². The molecule has 0 aromatic heterocycles. The van der Waals surface area contributed by atoms with Crippen molar-refractivity contribution in [1.29, 1.82) is 0 Å². The summed E-state index contributed by atoms with van der Waals surface area (Å²) in [5.41, 5.74) is 0. The van der Waals surface area contributed by atoms with Crippen LogP contribution in [0.15, 0.2) is 60.8 Å². The molecule has 1 heterocycles. The number of allylic oxidation sites excluding steroid dienone is 10. The predicted octanol–water partition coefficient (Wildman–Crippen LogP) is 8.66. The smallest absolute Gasteiger partial charge is 0.306 e. The van der Waals surface area contributed by atoms with Gasteiger partial charge in [0.15, 0.2) is 12.4 Å². The highest BCUT2D eigenvalue weighted by molar-refractivity contribution is 5.70. The van der Waals surface area contributed by atoms with Crippen LogP contribution in [0.25, 0.3) is 0 Å². The lowest BCUT2D eigenvalue weighted by Gasteiger charge is -2.39. The van der Waals surface area contributed by atoms with Crippen molar-refractivity contribution in [3.63, 3.8) is 0 Å². The van der Waals surface area contributed by atoms with Crippen LogP contribution >= 0.6 is 0 Å². The van der Waals surface area contributed by atoms with Gasteiger partial charge >= 0.3 is 11.9 Å². The van der Waals surface area contributed by atoms with Crippen LogP contribution in [0.3, 0.4) is 0 Å². The van der Waals surface area contributed by atoms with Gasteiger partial charge in [0.1, 0.15) is 31.0 Å². The zero-order valence-corrected chi connectivity index (χ0v) is 34.2. The molecule has 2 unspecified atom stereocenters. The van der Waals surface area contributed by atoms with E-state index in [1.54, 1.807) is 0 Å². The van der Waals surface area contributed by atoms with E-state index in [1.165, 1.54) is 44.9 Å². The molecule has 0 aromatic carbocycles. The summed E-state index contributed by atoms with van der Waals surface area (Å²) in [5, 5.41) is 40.0. The van der Waals surface area contributed by atoms with Crippen molar-refractivity contribution in [1.82, 2.24) is 0 Å². The van der Waals surface area contributed by atoms with Crippen LogP contribution in [0.4, 0.5) is 0 Å². The molecule has 1 aliphatic heterocycles. The lowest BCUT2D eigenvalue weighted by molar-refractivity contribution is -0.305. The number of carbonyl (C=O) groups is 2. The molecule has 316 valence electrons. The maximum atomic E-state index is 12.7. The molecule has 10 nitrogen and oxygen atoms in total. The molecule has 1 saturated heterocycles. The Bertz CT molecular complexity index is 1080. The van der Waals surface area contributed by atoms with Crippen LogP contribution in [0.1, 0.15) is 155 Å². The first-order valence-corrected chi connectivity index (χ1v) is 21.4. The predicted molar refractivity (Wildman–Crippen MR) is 219 cm³/mol. The lowest BCUT2D eigenvalue weighted by atomic mass is 9.99. The number of hydrogen-bond donors (Lipinski definition) is 4. The van der Waals surface area contributed by atoms with Crippen molar-refractivity contribution < 1.29 is 49.0 Å². The second-order valence-corrected chi connectivity index (χ2v) is 14.5. The van der Waals surface area contributed by atoms with E-state index in [-0.39, 0.29) is 26.1 Å². The Balaban J connectivity index is 2.38. The Kier molecular flexibility index (Phi) is 32.8. The van der Waals surface area contributed by atoms with Crippen molar-refractivity contribution in [2.24, 2.45) is 0 Å². The first-order valence-electron chi connectivity index (χ1n) is 21.4. The Morgan fingerprint density at radius 2 is 1.09 bits per heavy atom. The Labute approximate surface area is 332 Å². The molecule has 0 radical (unpaired) electrons. The third kappa shape index (κ3) is 27.6. The van der Waals surface area contributed by atoms with E-state index in [9.17, 15) is 30.0 Å². The molecule has 10 heteroatoms. The number of aliphatic hydroxyl groups excluding tert-OH is 4. The molecule has 0 saturated carbocycles. The molecule has 1 rings (SSSR count). The molecule has 0 bridgehead atoms. The van der Waals surface area contributed by atoms with Crippen molar-refractivity contribution >= 4 is 11.9 Å². The summed E-state index contributed by atoms with van der Waals surface area (Å²) in [4.78, 5) is 25.3. The Morgan fingerprint density at radius 1 is 0.582 bits per heavy atom. The largest absolute Gasteiger partial charge is 0.462 e. The van der Waals surface area contributed by atoms with E-state index in [1.807, 2.05) is 30.4 Å². The summed E-state index contributed by atoms with van der Waals surface area (Å²) in [6.45, 7) is 3.23. The Hall–Kier alpha value is -2.60. The number of rotatable bonds is 34. The molecular weight excluding hydrogens is 700 g/mol. The molecule has 1 aliphatic rings. The second kappa shape index (κ2) is 35.8. The first kappa shape index (κ1) is 50.4. The van der Waals surface area contributed by atoms with Crippen LogP contribution < -0.4 is 0 Å². The summed E-state index contributed by atoms with van der Waals surface area (Å²) in [6, 6.07) is 0. The maximum Gasteiger partial charge on any atom is 0.306 e. The number of hydrogen-bond acceptors (Lipinski definition) is 10. The maximum absolute atomic E-state index is 12.7. The van der Waals surface area contributed by atoms with E-state index in [0.717, 1.165) is 70.6 Å². The van der Waals surface area contributed by atoms with Crippen LogP contribution in [0.2, 0.25) is 0 Å². The minimum atomic E-state index is -1.60. The Morgan fingerprint density at radius 3 is 1.67 bits per heavy atom. The molecule has 0 aromatic rings. The van der Waals surface area contributed by atoms with E-state index in [0.29, 0.717) is 12.8 Å². The number of ether oxygens (including phenoxy) is 4. The van der Waals surface area contributed by atoms with Gasteiger partial charge in [-0.05, 0) is 57.8 Å². The van der Waals surface area contributed by atoms with Gasteiger partial charge in [-0.3, -0.25) is 9.59 Å². The number of carbonyl (C=O) groups excluding carboxylic acids is 2. The molecule has 55 heavy (non-hydrogen) atoms. The quantitative estimate of drug-likeness (QED) is 0.0216. The fraction of sp³-hybridized carbons (Fsp3) is 0.733. The van der Waals surface area contributed by atoms with E-state index in [4.69, 9.17) is 18.9 Å². The van der Waals surface area contributed by atoms with Crippen LogP contribution in [-0.2, 0) is 28.5 Å². The normalized spacial score (nSPS) is 21.2. The number of aliphatic hydroxyl groups is 4. The highest BCUT2D eigenvalue weighted by Gasteiger charge is 2.44. The van der Waals surface area contributed by atoms with Gasteiger partial charge < -0.3 is 39.4 Å². The van der Waals surface area contributed by atoms with Gasteiger partial charge in [-0.1, -0.05) is 145 Å². The fourth-order valence-corrected chi connectivity index (χ4v) is 6.07. The molecule has 4 N–H and O–H groups in total. The lowest BCUT2D eigenvalue weighted by Crippen LogP contribution is -2.59. The molecule has 0 aliphatic carbocycles. The summed E-state index contributed by atoms with van der Waals surface area (Å²) in [7, 11) is 0. The van der Waals surface area contributed by atoms with Crippen LogP contribution in [-0.4, -0.2) is 89.0 Å². The number of unbranched alkanes of at least 4 members (excludes halogenated alkanes) is 16. The zero-order chi connectivity index (χ0) is 40.2. The second-order valence-electron chi connectivity index (χ2n) is 14.5. The minimum Gasteiger partial charge on any atom is -0.462 e. The molecule has 1 fully saturated rings. The van der Waals surface area contributed by atoms with E-state index in [2.05, 4.69) is 44.2 Å². The van der Waals surface area contributed by atoms with Gasteiger partial charge in [-0.15, -0.1) is 0 Å². The van der Waals surface area contributed by atoms with Crippen LogP contribution in [0.5, 0.6) is 0 Å². The summed E-state index contributed by atoms with van der Waals surface area (Å²) < 4.78 is 22.1. The van der Waals surface area contributed by atoms with Crippen molar-refractivity contribution in [3.8, 4) is 0 Å². The average Bonchev–Trinajstić information content (AvgIpc) is 3.18. The van der Waals surface area contributed by atoms with Crippen molar-refractivity contribution in [3.05, 3.63) is 60.8 Å². The fourth-order valence-electron chi connectivity index (χ4n) is 6.07. The van der Waals surface area contributed by atoms with Gasteiger partial charge in [-0.2, -0.15) is 0 Å². The monoisotopic (exact) mass is 777 g/mol. The SMILES string of the molecule is CC/C=C/C=C/C=C/C=C/CCCCCCCC(=O)O[C@@H](COC(=O)CCCCCCC/C=C/CCCCCCCC)CO[C@H]1O[C@@H](CO)[C@@H](O)C(O)C1O. The van der Waals surface area contributed by atoms with Gasteiger partial charge in [0.05, 0.1) is 13.2 Å². The number of esters is 2.